The van der Waals surface area contributed by atoms with Crippen LogP contribution in [0.5, 0.6) is 0 Å². The van der Waals surface area contributed by atoms with Gasteiger partial charge in [-0.3, -0.25) is 10.1 Å². The minimum Gasteiger partial charge on any atom is -0.466 e. The third-order valence-corrected chi connectivity index (χ3v) is 3.90. The fourth-order valence-electron chi connectivity index (χ4n) is 1.68. The third-order valence-electron chi connectivity index (χ3n) is 2.77. The molecule has 0 spiro atoms. The van der Waals surface area contributed by atoms with Crippen molar-refractivity contribution in [2.45, 2.75) is 6.18 Å². The van der Waals surface area contributed by atoms with Crippen LogP contribution in [-0.2, 0) is 20.5 Å². The van der Waals surface area contributed by atoms with E-state index in [1.165, 1.54) is 0 Å². The lowest BCUT2D eigenvalue weighted by Crippen LogP contribution is -2.19. The number of hydrogen-bond donors (Lipinski definition) is 1. The van der Waals surface area contributed by atoms with Crippen LogP contribution in [-0.4, -0.2) is 30.4 Å². The molecule has 1 saturated heterocycles. The Hall–Kier alpha value is -2.33. The highest BCUT2D eigenvalue weighted by molar-refractivity contribution is 8.18. The molecule has 2 rings (SSSR count). The van der Waals surface area contributed by atoms with Gasteiger partial charge in [-0.15, -0.1) is 5.10 Å². The predicted molar refractivity (Wildman–Crippen MR) is 87.3 cm³/mol. The van der Waals surface area contributed by atoms with Gasteiger partial charge in [0.15, 0.2) is 5.17 Å². The van der Waals surface area contributed by atoms with Crippen molar-refractivity contribution in [1.82, 2.24) is 5.32 Å². The van der Waals surface area contributed by atoms with E-state index in [4.69, 9.17) is 11.6 Å². The number of rotatable bonds is 3. The second kappa shape index (κ2) is 7.70. The van der Waals surface area contributed by atoms with Crippen LogP contribution in [0, 0.1) is 0 Å². The molecule has 0 atom stereocenters. The monoisotopic (exact) mass is 391 g/mol. The van der Waals surface area contributed by atoms with E-state index in [2.05, 4.69) is 20.3 Å². The summed E-state index contributed by atoms with van der Waals surface area (Å²) in [6.45, 7) is 0. The first kappa shape index (κ1) is 19.0. The molecule has 1 heterocycles. The highest BCUT2D eigenvalue weighted by Gasteiger charge is 2.33. The number of carbonyl (C=O) groups is 2. The van der Waals surface area contributed by atoms with E-state index in [-0.39, 0.29) is 20.7 Å². The second-order valence-corrected chi connectivity index (χ2v) is 5.93. The summed E-state index contributed by atoms with van der Waals surface area (Å²) in [4.78, 5) is 22.7. The van der Waals surface area contributed by atoms with Gasteiger partial charge in [0, 0.05) is 16.7 Å². The average Bonchev–Trinajstić information content (AvgIpc) is 2.86. The van der Waals surface area contributed by atoms with Gasteiger partial charge in [0.1, 0.15) is 0 Å². The summed E-state index contributed by atoms with van der Waals surface area (Å²) >= 11 is 6.49. The maximum atomic E-state index is 12.9. The van der Waals surface area contributed by atoms with Gasteiger partial charge in [-0.1, -0.05) is 11.6 Å². The first-order valence-electron chi connectivity index (χ1n) is 6.47. The number of alkyl halides is 3. The van der Waals surface area contributed by atoms with Gasteiger partial charge in [-0.25, -0.2) is 4.79 Å². The fourth-order valence-corrected chi connectivity index (χ4v) is 2.60. The molecule has 11 heteroatoms. The van der Waals surface area contributed by atoms with E-state index >= 15 is 0 Å². The van der Waals surface area contributed by atoms with Crippen molar-refractivity contribution in [3.63, 3.8) is 0 Å². The van der Waals surface area contributed by atoms with Crippen LogP contribution in [0.3, 0.4) is 0 Å². The lowest BCUT2D eigenvalue weighted by molar-refractivity contribution is -0.137. The van der Waals surface area contributed by atoms with Crippen molar-refractivity contribution in [2.24, 2.45) is 10.2 Å². The van der Waals surface area contributed by atoms with E-state index in [1.54, 1.807) is 0 Å². The molecular formula is C14H9ClF3N3O3S. The summed E-state index contributed by atoms with van der Waals surface area (Å²) in [5.74, 6) is -1.32. The number of carbonyl (C=O) groups excluding carboxylic acids is 2. The van der Waals surface area contributed by atoms with E-state index < -0.39 is 23.6 Å². The minimum atomic E-state index is -4.58. The van der Waals surface area contributed by atoms with Crippen molar-refractivity contribution >= 4 is 46.6 Å². The van der Waals surface area contributed by atoms with Crippen LogP contribution in [0.4, 0.5) is 13.2 Å². The summed E-state index contributed by atoms with van der Waals surface area (Å²) in [6.07, 6.45) is -2.74. The van der Waals surface area contributed by atoms with Crippen molar-refractivity contribution in [3.8, 4) is 0 Å². The van der Waals surface area contributed by atoms with Gasteiger partial charge in [-0.05, 0) is 30.0 Å². The molecule has 1 aromatic carbocycles. The Morgan fingerprint density at radius 1 is 1.40 bits per heavy atom. The lowest BCUT2D eigenvalue weighted by Gasteiger charge is -2.09. The molecule has 1 aromatic rings. The number of benzene rings is 1. The van der Waals surface area contributed by atoms with E-state index in [1.807, 2.05) is 0 Å². The lowest BCUT2D eigenvalue weighted by atomic mass is 10.1. The van der Waals surface area contributed by atoms with E-state index in [0.717, 1.165) is 49.4 Å². The van der Waals surface area contributed by atoms with Gasteiger partial charge in [0.25, 0.3) is 5.91 Å². The molecule has 1 aliphatic rings. The highest BCUT2D eigenvalue weighted by atomic mass is 35.5. The molecular weight excluding hydrogens is 383 g/mol. The number of nitrogens with zero attached hydrogens (tertiary/aromatic N) is 2. The zero-order valence-electron chi connectivity index (χ0n) is 12.4. The molecule has 0 radical (unpaired) electrons. The van der Waals surface area contributed by atoms with Crippen LogP contribution >= 0.6 is 23.4 Å². The molecule has 1 aliphatic heterocycles. The molecule has 1 fully saturated rings. The minimum absolute atomic E-state index is 0.00647. The van der Waals surface area contributed by atoms with Crippen molar-refractivity contribution < 1.29 is 27.5 Å². The summed E-state index contributed by atoms with van der Waals surface area (Å²) in [6, 6.07) is 3.04. The number of nitrogens with one attached hydrogen (secondary N) is 1. The topological polar surface area (TPSA) is 80.1 Å². The maximum Gasteiger partial charge on any atom is 0.417 e. The standard InChI is InChI=1S/C14H9ClF3N3O3S/c1-24-11(22)5-10-12(23)20-13(25-10)21-19-6-7-4-8(15)2-3-9(7)14(16,17)18/h2-6H,1H3,(H,20,21,23)/b10-5+,19-6?. The maximum absolute atomic E-state index is 12.9. The van der Waals surface area contributed by atoms with Crippen LogP contribution in [0.25, 0.3) is 0 Å². The Morgan fingerprint density at radius 2 is 2.12 bits per heavy atom. The van der Waals surface area contributed by atoms with Crippen LogP contribution < -0.4 is 5.32 Å². The molecule has 0 bridgehead atoms. The Morgan fingerprint density at radius 3 is 2.76 bits per heavy atom. The quantitative estimate of drug-likeness (QED) is 0.372. The van der Waals surface area contributed by atoms with Crippen molar-refractivity contribution in [2.75, 3.05) is 7.11 Å². The summed E-state index contributed by atoms with van der Waals surface area (Å²) in [5.41, 5.74) is -1.20. The highest BCUT2D eigenvalue weighted by Crippen LogP contribution is 2.32. The molecule has 0 aliphatic carbocycles. The number of halogens is 4. The number of esters is 1. The molecule has 1 amide bonds. The molecule has 6 nitrogen and oxygen atoms in total. The number of amidine groups is 1. The first-order chi connectivity index (χ1) is 11.7. The van der Waals surface area contributed by atoms with Gasteiger partial charge in [0.05, 0.1) is 23.8 Å². The summed E-state index contributed by atoms with van der Waals surface area (Å²) in [5, 5.41) is 9.58. The Bertz CT molecular complexity index is 806. The number of thioether (sulfide) groups is 1. The number of amides is 1. The summed E-state index contributed by atoms with van der Waals surface area (Å²) < 4.78 is 43.1. The largest absolute Gasteiger partial charge is 0.466 e. The third kappa shape index (κ3) is 5.07. The van der Waals surface area contributed by atoms with Crippen molar-refractivity contribution in [1.29, 1.82) is 0 Å². The Balaban J connectivity index is 2.20. The number of hydrogen-bond acceptors (Lipinski definition) is 6. The van der Waals surface area contributed by atoms with Crippen LogP contribution in [0.1, 0.15) is 11.1 Å². The second-order valence-electron chi connectivity index (χ2n) is 4.47. The van der Waals surface area contributed by atoms with E-state index in [0.29, 0.717) is 0 Å². The molecule has 132 valence electrons. The van der Waals surface area contributed by atoms with Crippen molar-refractivity contribution in [3.05, 3.63) is 45.3 Å². The first-order valence-corrected chi connectivity index (χ1v) is 7.67. The smallest absolute Gasteiger partial charge is 0.417 e. The Kier molecular flexibility index (Phi) is 5.85. The average molecular weight is 392 g/mol. The zero-order valence-corrected chi connectivity index (χ0v) is 14.0. The van der Waals surface area contributed by atoms with Gasteiger partial charge in [-0.2, -0.15) is 18.3 Å². The van der Waals surface area contributed by atoms with Crippen LogP contribution in [0.2, 0.25) is 5.02 Å². The number of ether oxygens (including phenoxy) is 1. The normalized spacial score (nSPS) is 18.2. The summed E-state index contributed by atoms with van der Waals surface area (Å²) in [7, 11) is 1.15. The molecule has 0 saturated carbocycles. The zero-order chi connectivity index (χ0) is 18.6. The van der Waals surface area contributed by atoms with Crippen LogP contribution in [0.15, 0.2) is 39.4 Å². The van der Waals surface area contributed by atoms with Gasteiger partial charge < -0.3 is 4.74 Å². The predicted octanol–water partition coefficient (Wildman–Crippen LogP) is 2.97. The fraction of sp³-hybridized carbons (Fsp3) is 0.143. The van der Waals surface area contributed by atoms with Gasteiger partial charge >= 0.3 is 12.1 Å². The number of methoxy groups -OCH3 is 1. The van der Waals surface area contributed by atoms with Gasteiger partial charge in [0.2, 0.25) is 0 Å². The molecule has 0 unspecified atom stereocenters. The molecule has 0 aromatic heterocycles. The van der Waals surface area contributed by atoms with E-state index in [9.17, 15) is 22.8 Å². The molecule has 25 heavy (non-hydrogen) atoms. The Labute approximate surface area is 148 Å². The molecule has 1 N–H and O–H groups in total. The SMILES string of the molecule is COC(=O)/C=C1/S/C(=N\N=Cc2cc(Cl)ccc2C(F)(F)F)NC1=O.